The maximum atomic E-state index is 9.29. The summed E-state index contributed by atoms with van der Waals surface area (Å²) in [6.07, 6.45) is 9.63. The van der Waals surface area contributed by atoms with Crippen molar-refractivity contribution >= 4 is 0 Å². The molecule has 0 saturated heterocycles. The Morgan fingerprint density at radius 3 is 2.24 bits per heavy atom. The smallest absolute Gasteiger partial charge is 0.214 e. The number of hydrogen-bond acceptors (Lipinski definition) is 3. The van der Waals surface area contributed by atoms with E-state index in [9.17, 15) is 10.2 Å². The quantitative estimate of drug-likeness (QED) is 0.676. The van der Waals surface area contributed by atoms with Crippen molar-refractivity contribution in [1.82, 2.24) is 4.98 Å². The van der Waals surface area contributed by atoms with E-state index in [-0.39, 0.29) is 11.6 Å². The monoisotopic (exact) mass is 237 g/mol. The number of unbranched alkanes of at least 4 members (excludes halogenated alkanes) is 6. The van der Waals surface area contributed by atoms with Gasteiger partial charge in [0.1, 0.15) is 5.75 Å². The molecular weight excluding hydrogens is 214 g/mol. The average Bonchev–Trinajstić information content (AvgIpc) is 2.26. The molecule has 1 aromatic heterocycles. The first-order chi connectivity index (χ1) is 8.22. The second-order valence-corrected chi connectivity index (χ2v) is 4.55. The first-order valence-corrected chi connectivity index (χ1v) is 6.61. The summed E-state index contributed by atoms with van der Waals surface area (Å²) in [5.74, 6) is -0.00149. The predicted molar refractivity (Wildman–Crippen MR) is 69.3 cm³/mol. The van der Waals surface area contributed by atoms with Gasteiger partial charge in [-0.25, -0.2) is 4.98 Å². The van der Waals surface area contributed by atoms with Crippen LogP contribution in [0.3, 0.4) is 0 Å². The number of aromatic hydroxyl groups is 2. The molecule has 0 aliphatic rings. The minimum Gasteiger partial charge on any atom is -0.508 e. The third kappa shape index (κ3) is 6.15. The Balaban J connectivity index is 2.13. The van der Waals surface area contributed by atoms with Crippen LogP contribution in [-0.4, -0.2) is 15.2 Å². The molecule has 0 saturated carbocycles. The Bertz CT molecular complexity index is 306. The molecule has 0 bridgehead atoms. The Hall–Kier alpha value is -1.25. The topological polar surface area (TPSA) is 53.4 Å². The fourth-order valence-corrected chi connectivity index (χ4v) is 1.95. The summed E-state index contributed by atoms with van der Waals surface area (Å²) in [6.45, 7) is 2.22. The number of hydrogen-bond donors (Lipinski definition) is 2. The number of pyridine rings is 1. The van der Waals surface area contributed by atoms with E-state index in [1.165, 1.54) is 44.6 Å². The lowest BCUT2D eigenvalue weighted by atomic mass is 10.1. The predicted octanol–water partition coefficient (Wildman–Crippen LogP) is 3.79. The van der Waals surface area contributed by atoms with Crippen LogP contribution in [0, 0.1) is 0 Å². The van der Waals surface area contributed by atoms with Gasteiger partial charge >= 0.3 is 0 Å². The number of rotatable bonds is 8. The van der Waals surface area contributed by atoms with Gasteiger partial charge in [-0.15, -0.1) is 0 Å². The maximum absolute atomic E-state index is 9.29. The molecule has 0 amide bonds. The molecule has 17 heavy (non-hydrogen) atoms. The fraction of sp³-hybridized carbons (Fsp3) is 0.643. The Labute approximate surface area is 104 Å². The van der Waals surface area contributed by atoms with Crippen molar-refractivity contribution in [2.75, 3.05) is 0 Å². The summed E-state index contributed by atoms with van der Waals surface area (Å²) in [5, 5.41) is 18.5. The molecule has 0 radical (unpaired) electrons. The van der Waals surface area contributed by atoms with E-state index in [2.05, 4.69) is 11.9 Å². The van der Waals surface area contributed by atoms with Gasteiger partial charge in [0.15, 0.2) is 0 Å². The van der Waals surface area contributed by atoms with Gasteiger partial charge < -0.3 is 10.2 Å². The SMILES string of the molecule is CCCCCCCCCc1cc(O)cc(O)n1. The van der Waals surface area contributed by atoms with Crippen molar-refractivity contribution in [2.45, 2.75) is 58.3 Å². The molecule has 1 heterocycles. The van der Waals surface area contributed by atoms with Crippen LogP contribution in [0.4, 0.5) is 0 Å². The summed E-state index contributed by atoms with van der Waals surface area (Å²) in [7, 11) is 0. The van der Waals surface area contributed by atoms with Crippen LogP contribution in [0.25, 0.3) is 0 Å². The number of aromatic nitrogens is 1. The second kappa shape index (κ2) is 7.93. The summed E-state index contributed by atoms with van der Waals surface area (Å²) in [5.41, 5.74) is 0.774. The van der Waals surface area contributed by atoms with Gasteiger partial charge in [0.05, 0.1) is 0 Å². The van der Waals surface area contributed by atoms with Crippen LogP contribution < -0.4 is 0 Å². The minimum absolute atomic E-state index is 0.0930. The van der Waals surface area contributed by atoms with Crippen molar-refractivity contribution < 1.29 is 10.2 Å². The summed E-state index contributed by atoms with van der Waals surface area (Å²) in [6, 6.07) is 2.88. The standard InChI is InChI=1S/C14H23NO2/c1-2-3-4-5-6-7-8-9-12-10-13(16)11-14(17)15-12/h10-11H,2-9H2,1H3,(H2,15,16,17). The van der Waals surface area contributed by atoms with Crippen molar-refractivity contribution in [3.63, 3.8) is 0 Å². The molecule has 0 unspecified atom stereocenters. The second-order valence-electron chi connectivity index (χ2n) is 4.55. The normalized spacial score (nSPS) is 10.6. The summed E-state index contributed by atoms with van der Waals surface area (Å²) < 4.78 is 0. The van der Waals surface area contributed by atoms with Crippen molar-refractivity contribution in [2.24, 2.45) is 0 Å². The van der Waals surface area contributed by atoms with Crippen LogP contribution in [0.1, 0.15) is 57.6 Å². The number of aryl methyl sites for hydroxylation is 1. The van der Waals surface area contributed by atoms with Gasteiger partial charge in [0.2, 0.25) is 5.88 Å². The van der Waals surface area contributed by atoms with Crippen LogP contribution in [-0.2, 0) is 6.42 Å². The first kappa shape index (κ1) is 13.8. The molecule has 96 valence electrons. The van der Waals surface area contributed by atoms with Crippen molar-refractivity contribution in [3.05, 3.63) is 17.8 Å². The van der Waals surface area contributed by atoms with Crippen LogP contribution in [0.2, 0.25) is 0 Å². The van der Waals surface area contributed by atoms with Gasteiger partial charge in [-0.05, 0) is 12.8 Å². The lowest BCUT2D eigenvalue weighted by Crippen LogP contribution is -1.90. The lowest BCUT2D eigenvalue weighted by molar-refractivity contribution is 0.431. The molecule has 1 rings (SSSR count). The molecule has 0 aromatic carbocycles. The third-order valence-electron chi connectivity index (χ3n) is 2.89. The van der Waals surface area contributed by atoms with E-state index in [0.717, 1.165) is 18.5 Å². The highest BCUT2D eigenvalue weighted by Gasteiger charge is 2.00. The van der Waals surface area contributed by atoms with Gasteiger partial charge in [-0.3, -0.25) is 0 Å². The average molecular weight is 237 g/mol. The zero-order chi connectivity index (χ0) is 12.5. The molecule has 1 aromatic rings. The van der Waals surface area contributed by atoms with Gasteiger partial charge in [-0.2, -0.15) is 0 Å². The van der Waals surface area contributed by atoms with Crippen molar-refractivity contribution in [3.8, 4) is 11.6 Å². The molecule has 2 N–H and O–H groups in total. The molecule has 0 atom stereocenters. The molecule has 0 spiro atoms. The molecule has 0 aliphatic heterocycles. The van der Waals surface area contributed by atoms with Crippen molar-refractivity contribution in [1.29, 1.82) is 0 Å². The van der Waals surface area contributed by atoms with Crippen LogP contribution >= 0.6 is 0 Å². The Morgan fingerprint density at radius 2 is 1.59 bits per heavy atom. The molecule has 0 aliphatic carbocycles. The third-order valence-corrected chi connectivity index (χ3v) is 2.89. The van der Waals surface area contributed by atoms with Crippen LogP contribution in [0.5, 0.6) is 11.6 Å². The molecular formula is C14H23NO2. The first-order valence-electron chi connectivity index (χ1n) is 6.61. The van der Waals surface area contributed by atoms with E-state index in [0.29, 0.717) is 0 Å². The van der Waals surface area contributed by atoms with Gasteiger partial charge in [-0.1, -0.05) is 45.4 Å². The zero-order valence-corrected chi connectivity index (χ0v) is 10.7. The van der Waals surface area contributed by atoms with E-state index >= 15 is 0 Å². The van der Waals surface area contributed by atoms with Crippen LogP contribution in [0.15, 0.2) is 12.1 Å². The molecule has 3 heteroatoms. The van der Waals surface area contributed by atoms with Gasteiger partial charge in [0, 0.05) is 17.8 Å². The minimum atomic E-state index is -0.0945. The highest BCUT2D eigenvalue weighted by Crippen LogP contribution is 2.18. The Morgan fingerprint density at radius 1 is 0.941 bits per heavy atom. The molecule has 3 nitrogen and oxygen atoms in total. The van der Waals surface area contributed by atoms with Gasteiger partial charge in [0.25, 0.3) is 0 Å². The van der Waals surface area contributed by atoms with E-state index in [1.807, 2.05) is 0 Å². The molecule has 0 fully saturated rings. The highest BCUT2D eigenvalue weighted by atomic mass is 16.3. The van der Waals surface area contributed by atoms with E-state index < -0.39 is 0 Å². The maximum Gasteiger partial charge on any atom is 0.214 e. The number of nitrogens with zero attached hydrogens (tertiary/aromatic N) is 1. The van der Waals surface area contributed by atoms with E-state index in [4.69, 9.17) is 0 Å². The fourth-order valence-electron chi connectivity index (χ4n) is 1.95. The lowest BCUT2D eigenvalue weighted by Gasteiger charge is -2.03. The Kier molecular flexibility index (Phi) is 6.45. The van der Waals surface area contributed by atoms with E-state index in [1.54, 1.807) is 6.07 Å². The summed E-state index contributed by atoms with van der Waals surface area (Å²) in [4.78, 5) is 3.98. The highest BCUT2D eigenvalue weighted by molar-refractivity contribution is 5.28. The largest absolute Gasteiger partial charge is 0.508 e. The summed E-state index contributed by atoms with van der Waals surface area (Å²) >= 11 is 0. The zero-order valence-electron chi connectivity index (χ0n) is 10.7.